The lowest BCUT2D eigenvalue weighted by Crippen LogP contribution is -2.53. The van der Waals surface area contributed by atoms with Gasteiger partial charge in [0.2, 0.25) is 5.95 Å². The second-order valence-electron chi connectivity index (χ2n) is 6.42. The number of piperazine rings is 1. The smallest absolute Gasteiger partial charge is 0.225 e. The number of aromatic nitrogens is 2. The highest BCUT2D eigenvalue weighted by molar-refractivity contribution is 5.80. The van der Waals surface area contributed by atoms with Gasteiger partial charge in [0.05, 0.1) is 6.54 Å². The number of rotatable bonds is 6. The molecule has 0 radical (unpaired) electrons. The number of ether oxygens (including phenoxy) is 1. The maximum absolute atomic E-state index is 5.77. The van der Waals surface area contributed by atoms with Crippen molar-refractivity contribution >= 4 is 11.9 Å². The van der Waals surface area contributed by atoms with E-state index in [0.717, 1.165) is 50.4 Å². The third-order valence-corrected chi connectivity index (χ3v) is 4.39. The van der Waals surface area contributed by atoms with E-state index in [0.29, 0.717) is 13.2 Å². The van der Waals surface area contributed by atoms with Crippen molar-refractivity contribution in [3.8, 4) is 5.75 Å². The van der Waals surface area contributed by atoms with Crippen LogP contribution >= 0.6 is 0 Å². The summed E-state index contributed by atoms with van der Waals surface area (Å²) in [6.07, 6.45) is 3.57. The van der Waals surface area contributed by atoms with Crippen LogP contribution in [0, 0.1) is 6.92 Å². The van der Waals surface area contributed by atoms with Crippen LogP contribution in [-0.4, -0.2) is 66.7 Å². The minimum absolute atomic E-state index is 0.565. The van der Waals surface area contributed by atoms with Crippen LogP contribution in [0.25, 0.3) is 0 Å². The highest BCUT2D eigenvalue weighted by atomic mass is 16.5. The molecule has 1 fully saturated rings. The fraction of sp³-hybridized carbons (Fsp3) is 0.450. The maximum Gasteiger partial charge on any atom is 0.225 e. The number of nitrogens with one attached hydrogen (secondary N) is 1. The van der Waals surface area contributed by atoms with E-state index in [1.807, 2.05) is 18.2 Å². The molecule has 0 unspecified atom stereocenters. The maximum atomic E-state index is 5.77. The number of hydrogen-bond donors (Lipinski definition) is 1. The van der Waals surface area contributed by atoms with Crippen LogP contribution in [0.3, 0.4) is 0 Å². The lowest BCUT2D eigenvalue weighted by molar-refractivity contribution is 0.325. The van der Waals surface area contributed by atoms with Crippen LogP contribution in [0.1, 0.15) is 12.5 Å². The number of nitrogens with zero attached hydrogens (tertiary/aromatic N) is 5. The van der Waals surface area contributed by atoms with Gasteiger partial charge in [-0.05, 0) is 32.0 Å². The standard InChI is InChI=1S/C20H28N6O/c1-3-21-19(24-11-16-27-18-7-5-17(2)6-8-18)25-12-14-26(15-13-25)20-22-9-4-10-23-20/h4-10H,3,11-16H2,1-2H3,(H,21,24). The largest absolute Gasteiger partial charge is 0.492 e. The molecular formula is C20H28N6O. The van der Waals surface area contributed by atoms with Gasteiger partial charge in [0.15, 0.2) is 5.96 Å². The molecule has 2 heterocycles. The van der Waals surface area contributed by atoms with Crippen LogP contribution in [0.2, 0.25) is 0 Å². The summed E-state index contributed by atoms with van der Waals surface area (Å²) in [6.45, 7) is 9.74. The van der Waals surface area contributed by atoms with E-state index in [1.165, 1.54) is 5.56 Å². The molecule has 0 aliphatic carbocycles. The molecule has 0 atom stereocenters. The molecule has 0 bridgehead atoms. The summed E-state index contributed by atoms with van der Waals surface area (Å²) >= 11 is 0. The van der Waals surface area contributed by atoms with E-state index in [4.69, 9.17) is 9.73 Å². The minimum atomic E-state index is 0.565. The van der Waals surface area contributed by atoms with Gasteiger partial charge < -0.3 is 19.9 Å². The summed E-state index contributed by atoms with van der Waals surface area (Å²) in [5.41, 5.74) is 1.23. The molecule has 7 nitrogen and oxygen atoms in total. The molecule has 1 saturated heterocycles. The summed E-state index contributed by atoms with van der Waals surface area (Å²) in [6, 6.07) is 9.94. The quantitative estimate of drug-likeness (QED) is 0.478. The van der Waals surface area contributed by atoms with Crippen LogP contribution < -0.4 is 15.0 Å². The summed E-state index contributed by atoms with van der Waals surface area (Å²) in [5.74, 6) is 2.63. The van der Waals surface area contributed by atoms with E-state index >= 15 is 0 Å². The summed E-state index contributed by atoms with van der Waals surface area (Å²) < 4.78 is 5.77. The number of benzene rings is 1. The van der Waals surface area contributed by atoms with Crippen molar-refractivity contribution in [2.75, 3.05) is 50.8 Å². The normalized spacial score (nSPS) is 15.0. The predicted molar refractivity (Wildman–Crippen MR) is 108 cm³/mol. The Morgan fingerprint density at radius 1 is 1.11 bits per heavy atom. The SMILES string of the molecule is CCNC(=NCCOc1ccc(C)cc1)N1CCN(c2ncccn2)CC1. The first-order valence-corrected chi connectivity index (χ1v) is 9.51. The topological polar surface area (TPSA) is 65.9 Å². The van der Waals surface area contributed by atoms with Crippen molar-refractivity contribution in [3.63, 3.8) is 0 Å². The van der Waals surface area contributed by atoms with Gasteiger partial charge in [0, 0.05) is 45.1 Å². The van der Waals surface area contributed by atoms with Gasteiger partial charge in [0.1, 0.15) is 12.4 Å². The minimum Gasteiger partial charge on any atom is -0.492 e. The average molecular weight is 368 g/mol. The van der Waals surface area contributed by atoms with Crippen LogP contribution in [-0.2, 0) is 0 Å². The Bertz CT molecular complexity index is 711. The molecule has 1 aromatic heterocycles. The lowest BCUT2D eigenvalue weighted by Gasteiger charge is -2.36. The summed E-state index contributed by atoms with van der Waals surface area (Å²) in [4.78, 5) is 17.9. The van der Waals surface area contributed by atoms with Crippen molar-refractivity contribution in [1.29, 1.82) is 0 Å². The predicted octanol–water partition coefficient (Wildman–Crippen LogP) is 1.95. The first kappa shape index (κ1) is 18.9. The zero-order valence-electron chi connectivity index (χ0n) is 16.1. The molecule has 0 saturated carbocycles. The Kier molecular flexibility index (Phi) is 6.84. The van der Waals surface area contributed by atoms with E-state index in [-0.39, 0.29) is 0 Å². The molecule has 7 heteroatoms. The molecule has 1 N–H and O–H groups in total. The Balaban J connectivity index is 1.49. The van der Waals surface area contributed by atoms with Crippen molar-refractivity contribution in [3.05, 3.63) is 48.3 Å². The molecule has 144 valence electrons. The Morgan fingerprint density at radius 3 is 2.48 bits per heavy atom. The van der Waals surface area contributed by atoms with E-state index in [1.54, 1.807) is 12.4 Å². The molecule has 1 aromatic carbocycles. The Morgan fingerprint density at radius 2 is 1.81 bits per heavy atom. The monoisotopic (exact) mass is 368 g/mol. The first-order valence-electron chi connectivity index (χ1n) is 9.51. The summed E-state index contributed by atoms with van der Waals surface area (Å²) in [5, 5.41) is 3.38. The van der Waals surface area contributed by atoms with Crippen molar-refractivity contribution in [2.24, 2.45) is 4.99 Å². The molecule has 1 aliphatic rings. The zero-order valence-corrected chi connectivity index (χ0v) is 16.1. The fourth-order valence-electron chi connectivity index (χ4n) is 2.95. The summed E-state index contributed by atoms with van der Waals surface area (Å²) in [7, 11) is 0. The van der Waals surface area contributed by atoms with Gasteiger partial charge in [-0.2, -0.15) is 0 Å². The van der Waals surface area contributed by atoms with Crippen molar-refractivity contribution in [1.82, 2.24) is 20.2 Å². The van der Waals surface area contributed by atoms with Gasteiger partial charge in [-0.15, -0.1) is 0 Å². The van der Waals surface area contributed by atoms with Gasteiger partial charge in [-0.25, -0.2) is 15.0 Å². The third kappa shape index (κ3) is 5.57. The molecular weight excluding hydrogens is 340 g/mol. The van der Waals surface area contributed by atoms with Gasteiger partial charge in [0.25, 0.3) is 0 Å². The number of anilines is 1. The van der Waals surface area contributed by atoms with Gasteiger partial charge in [-0.1, -0.05) is 17.7 Å². The second kappa shape index (κ2) is 9.75. The molecule has 27 heavy (non-hydrogen) atoms. The van der Waals surface area contributed by atoms with Crippen LogP contribution in [0.4, 0.5) is 5.95 Å². The number of guanidine groups is 1. The van der Waals surface area contributed by atoms with E-state index in [2.05, 4.69) is 51.1 Å². The molecule has 0 amide bonds. The molecule has 3 rings (SSSR count). The van der Waals surface area contributed by atoms with E-state index in [9.17, 15) is 0 Å². The molecule has 1 aliphatic heterocycles. The Labute approximate surface area is 161 Å². The molecule has 0 spiro atoms. The highest BCUT2D eigenvalue weighted by Gasteiger charge is 2.20. The van der Waals surface area contributed by atoms with Crippen LogP contribution in [0.15, 0.2) is 47.7 Å². The number of aryl methyl sites for hydroxylation is 1. The number of hydrogen-bond acceptors (Lipinski definition) is 5. The zero-order chi connectivity index (χ0) is 18.9. The van der Waals surface area contributed by atoms with Crippen LogP contribution in [0.5, 0.6) is 5.75 Å². The molecule has 2 aromatic rings. The first-order chi connectivity index (χ1) is 13.3. The highest BCUT2D eigenvalue weighted by Crippen LogP contribution is 2.12. The van der Waals surface area contributed by atoms with Crippen molar-refractivity contribution < 1.29 is 4.74 Å². The Hall–Kier alpha value is -2.83. The average Bonchev–Trinajstić information content (AvgIpc) is 2.72. The van der Waals surface area contributed by atoms with Crippen molar-refractivity contribution in [2.45, 2.75) is 13.8 Å². The fourth-order valence-corrected chi connectivity index (χ4v) is 2.95. The van der Waals surface area contributed by atoms with Gasteiger partial charge in [-0.3, -0.25) is 0 Å². The van der Waals surface area contributed by atoms with Gasteiger partial charge >= 0.3 is 0 Å². The van der Waals surface area contributed by atoms with E-state index < -0.39 is 0 Å². The number of aliphatic imine (C=N–C) groups is 1. The lowest BCUT2D eigenvalue weighted by atomic mass is 10.2. The second-order valence-corrected chi connectivity index (χ2v) is 6.42. The third-order valence-electron chi connectivity index (χ3n) is 4.39.